The van der Waals surface area contributed by atoms with Crippen LogP contribution in [-0.4, -0.2) is 66.7 Å². The first-order chi connectivity index (χ1) is 12.8. The van der Waals surface area contributed by atoms with E-state index in [9.17, 15) is 18.0 Å². The fourth-order valence-corrected chi connectivity index (χ4v) is 6.43. The summed E-state index contributed by atoms with van der Waals surface area (Å²) in [5.41, 5.74) is 1.12. The number of amides is 2. The van der Waals surface area contributed by atoms with E-state index >= 15 is 0 Å². The number of rotatable bonds is 6. The number of likely N-dealkylation sites (tertiary alicyclic amines) is 1. The summed E-state index contributed by atoms with van der Waals surface area (Å²) in [6, 6.07) is 9.88. The molecule has 0 radical (unpaired) electrons. The third kappa shape index (κ3) is 3.52. The van der Waals surface area contributed by atoms with Gasteiger partial charge in [-0.15, -0.1) is 6.58 Å². The van der Waals surface area contributed by atoms with Gasteiger partial charge >= 0.3 is 0 Å². The molecule has 0 aromatic heterocycles. The predicted molar refractivity (Wildman–Crippen MR) is 104 cm³/mol. The molecule has 2 aliphatic heterocycles. The molecule has 0 saturated carbocycles. The molecule has 1 spiro atoms. The predicted octanol–water partition coefficient (Wildman–Crippen LogP) is 1.28. The number of carbonyl (C=O) groups is 2. The van der Waals surface area contributed by atoms with Crippen LogP contribution in [0, 0.1) is 5.92 Å². The summed E-state index contributed by atoms with van der Waals surface area (Å²) in [6.45, 7) is 6.31. The zero-order valence-corrected chi connectivity index (χ0v) is 16.5. The topological polar surface area (TPSA) is 74.8 Å². The fraction of sp³-hybridized carbons (Fsp3) is 0.500. The zero-order chi connectivity index (χ0) is 19.7. The van der Waals surface area contributed by atoms with Crippen LogP contribution >= 0.6 is 0 Å². The van der Waals surface area contributed by atoms with Gasteiger partial charge in [0.05, 0.1) is 11.7 Å². The van der Waals surface area contributed by atoms with Crippen molar-refractivity contribution in [2.45, 2.75) is 24.5 Å². The maximum absolute atomic E-state index is 13.2. The molecule has 1 unspecified atom stereocenters. The molecule has 2 fully saturated rings. The first kappa shape index (κ1) is 19.6. The van der Waals surface area contributed by atoms with E-state index in [4.69, 9.17) is 0 Å². The van der Waals surface area contributed by atoms with Crippen molar-refractivity contribution in [1.82, 2.24) is 9.80 Å². The minimum Gasteiger partial charge on any atom is -0.340 e. The third-order valence-electron chi connectivity index (χ3n) is 5.76. The van der Waals surface area contributed by atoms with Crippen LogP contribution in [0.25, 0.3) is 0 Å². The van der Waals surface area contributed by atoms with E-state index in [0.717, 1.165) is 5.56 Å². The van der Waals surface area contributed by atoms with Crippen LogP contribution in [-0.2, 0) is 25.8 Å². The van der Waals surface area contributed by atoms with Gasteiger partial charge in [0.1, 0.15) is 4.75 Å². The molecule has 0 N–H and O–H groups in total. The highest BCUT2D eigenvalue weighted by Crippen LogP contribution is 2.45. The van der Waals surface area contributed by atoms with Gasteiger partial charge in [0.25, 0.3) is 0 Å². The molecule has 2 heterocycles. The minimum atomic E-state index is -3.39. The zero-order valence-electron chi connectivity index (χ0n) is 15.6. The van der Waals surface area contributed by atoms with Gasteiger partial charge in [-0.25, -0.2) is 8.42 Å². The average molecular weight is 391 g/mol. The highest BCUT2D eigenvalue weighted by Gasteiger charge is 2.64. The number of carbonyl (C=O) groups excluding carboxylic acids is 2. The number of hydrogen-bond donors (Lipinski definition) is 0. The van der Waals surface area contributed by atoms with E-state index in [1.54, 1.807) is 11.0 Å². The minimum absolute atomic E-state index is 0.00969. The highest BCUT2D eigenvalue weighted by atomic mass is 32.2. The molecule has 7 heteroatoms. The van der Waals surface area contributed by atoms with Gasteiger partial charge in [-0.1, -0.05) is 36.4 Å². The SMILES string of the molecule is C=CCN(CCc1ccccc1)C(=O)C1CCS(=O)(=O)C12CN(C(C)=O)C2. The number of hydrogen-bond acceptors (Lipinski definition) is 4. The van der Waals surface area contributed by atoms with E-state index < -0.39 is 20.5 Å². The lowest BCUT2D eigenvalue weighted by Crippen LogP contribution is -2.69. The molecule has 6 nitrogen and oxygen atoms in total. The largest absolute Gasteiger partial charge is 0.340 e. The Kier molecular flexibility index (Phi) is 5.42. The van der Waals surface area contributed by atoms with Crippen LogP contribution in [0.4, 0.5) is 0 Å². The van der Waals surface area contributed by atoms with Crippen molar-refractivity contribution in [2.75, 3.05) is 31.9 Å². The average Bonchev–Trinajstić information content (AvgIpc) is 2.88. The Morgan fingerprint density at radius 2 is 1.96 bits per heavy atom. The molecule has 3 rings (SSSR count). The van der Waals surface area contributed by atoms with E-state index in [0.29, 0.717) is 25.9 Å². The van der Waals surface area contributed by atoms with Crippen molar-refractivity contribution in [2.24, 2.45) is 5.92 Å². The summed E-state index contributed by atoms with van der Waals surface area (Å²) in [7, 11) is -3.39. The van der Waals surface area contributed by atoms with Crippen LogP contribution in [0.15, 0.2) is 43.0 Å². The van der Waals surface area contributed by atoms with E-state index in [2.05, 4.69) is 6.58 Å². The van der Waals surface area contributed by atoms with E-state index in [1.165, 1.54) is 11.8 Å². The summed E-state index contributed by atoms with van der Waals surface area (Å²) in [6.07, 6.45) is 2.69. The molecule has 27 heavy (non-hydrogen) atoms. The molecule has 1 aromatic carbocycles. The van der Waals surface area contributed by atoms with Crippen LogP contribution in [0.2, 0.25) is 0 Å². The summed E-state index contributed by atoms with van der Waals surface area (Å²) < 4.78 is 24.3. The molecule has 2 aliphatic rings. The first-order valence-electron chi connectivity index (χ1n) is 9.22. The molecule has 2 amide bonds. The van der Waals surface area contributed by atoms with Crippen molar-refractivity contribution >= 4 is 21.7 Å². The lowest BCUT2D eigenvalue weighted by molar-refractivity contribution is -0.143. The second kappa shape index (κ2) is 7.46. The molecular formula is C20H26N2O4S. The van der Waals surface area contributed by atoms with Gasteiger partial charge in [0.15, 0.2) is 9.84 Å². The van der Waals surface area contributed by atoms with Gasteiger partial charge in [0.2, 0.25) is 11.8 Å². The Morgan fingerprint density at radius 1 is 1.30 bits per heavy atom. The van der Waals surface area contributed by atoms with Gasteiger partial charge in [-0.2, -0.15) is 0 Å². The molecular weight excluding hydrogens is 364 g/mol. The fourth-order valence-electron chi connectivity index (χ4n) is 4.12. The molecule has 2 saturated heterocycles. The molecule has 1 aromatic rings. The summed E-state index contributed by atoms with van der Waals surface area (Å²) in [5, 5.41) is 0. The molecule has 1 atom stereocenters. The van der Waals surface area contributed by atoms with Crippen molar-refractivity contribution in [3.05, 3.63) is 48.6 Å². The Bertz CT molecular complexity index is 829. The lowest BCUT2D eigenvalue weighted by atomic mass is 9.82. The maximum Gasteiger partial charge on any atom is 0.227 e. The summed E-state index contributed by atoms with van der Waals surface area (Å²) >= 11 is 0. The van der Waals surface area contributed by atoms with Gasteiger partial charge in [0, 0.05) is 33.1 Å². The standard InChI is InChI=1S/C20H26N2O4S/c1-3-11-21(12-9-17-7-5-4-6-8-17)19(24)18-10-13-27(25,26)20(18)14-22(15-20)16(2)23/h3-8,18H,1,9-15H2,2H3. The van der Waals surface area contributed by atoms with E-state index in [-0.39, 0.29) is 30.7 Å². The maximum atomic E-state index is 13.2. The van der Waals surface area contributed by atoms with Gasteiger partial charge in [-0.3, -0.25) is 9.59 Å². The Balaban J connectivity index is 1.76. The van der Waals surface area contributed by atoms with Crippen LogP contribution < -0.4 is 0 Å². The first-order valence-corrected chi connectivity index (χ1v) is 10.9. The summed E-state index contributed by atoms with van der Waals surface area (Å²) in [4.78, 5) is 28.0. The van der Waals surface area contributed by atoms with Crippen molar-refractivity contribution in [1.29, 1.82) is 0 Å². The Morgan fingerprint density at radius 3 is 2.56 bits per heavy atom. The highest BCUT2D eigenvalue weighted by molar-refractivity contribution is 7.93. The summed E-state index contributed by atoms with van der Waals surface area (Å²) in [5.74, 6) is -0.875. The quantitative estimate of drug-likeness (QED) is 0.686. The van der Waals surface area contributed by atoms with Crippen molar-refractivity contribution in [3.8, 4) is 0 Å². The van der Waals surface area contributed by atoms with Crippen molar-refractivity contribution in [3.63, 3.8) is 0 Å². The van der Waals surface area contributed by atoms with Crippen LogP contribution in [0.1, 0.15) is 18.9 Å². The van der Waals surface area contributed by atoms with Gasteiger partial charge < -0.3 is 9.80 Å². The lowest BCUT2D eigenvalue weighted by Gasteiger charge is -2.49. The van der Waals surface area contributed by atoms with Crippen LogP contribution in [0.5, 0.6) is 0 Å². The number of nitrogens with zero attached hydrogens (tertiary/aromatic N) is 2. The van der Waals surface area contributed by atoms with E-state index in [1.807, 2.05) is 30.3 Å². The second-order valence-corrected chi connectivity index (χ2v) is 9.86. The van der Waals surface area contributed by atoms with Gasteiger partial charge in [-0.05, 0) is 18.4 Å². The number of benzene rings is 1. The molecule has 0 aliphatic carbocycles. The third-order valence-corrected chi connectivity index (χ3v) is 8.32. The molecule has 0 bridgehead atoms. The second-order valence-electron chi connectivity index (χ2n) is 7.41. The molecule has 146 valence electrons. The monoisotopic (exact) mass is 390 g/mol. The van der Waals surface area contributed by atoms with Crippen molar-refractivity contribution < 1.29 is 18.0 Å². The Hall–Kier alpha value is -2.15. The van der Waals surface area contributed by atoms with Crippen LogP contribution in [0.3, 0.4) is 0 Å². The number of sulfone groups is 1. The Labute approximate surface area is 160 Å². The smallest absolute Gasteiger partial charge is 0.227 e. The normalized spacial score (nSPS) is 22.3.